The topological polar surface area (TPSA) is 136 Å². The predicted molar refractivity (Wildman–Crippen MR) is 103 cm³/mol. The minimum absolute atomic E-state index is 0.0119. The van der Waals surface area contributed by atoms with Crippen LogP contribution in [0.1, 0.15) is 21.5 Å². The van der Waals surface area contributed by atoms with Gasteiger partial charge in [-0.3, -0.25) is 14.8 Å². The van der Waals surface area contributed by atoms with Gasteiger partial charge < -0.3 is 25.5 Å². The van der Waals surface area contributed by atoms with Crippen LogP contribution in [0.4, 0.5) is 0 Å². The van der Waals surface area contributed by atoms with Crippen LogP contribution >= 0.6 is 0 Å². The van der Waals surface area contributed by atoms with E-state index < -0.39 is 19.0 Å². The molecule has 0 spiro atoms. The van der Waals surface area contributed by atoms with E-state index in [2.05, 4.69) is 21.3 Å². The fourth-order valence-corrected chi connectivity index (χ4v) is 3.23. The maximum atomic E-state index is 12.4. The van der Waals surface area contributed by atoms with E-state index >= 15 is 0 Å². The predicted octanol–water partition coefficient (Wildman–Crippen LogP) is -0.457. The van der Waals surface area contributed by atoms with Crippen LogP contribution in [0, 0.1) is 0 Å². The number of para-hydroxylation sites is 1. The molecule has 1 atom stereocenters. The quantitative estimate of drug-likeness (QED) is 0.426. The number of hydrogen-bond acceptors (Lipinski definition) is 8. The van der Waals surface area contributed by atoms with Gasteiger partial charge in [-0.15, -0.1) is 5.53 Å². The third kappa shape index (κ3) is 4.00. The number of amides is 1. The number of carboxylic acids is 1. The molecule has 0 bridgehead atoms. The second-order valence-corrected chi connectivity index (χ2v) is 6.63. The standard InChI is InChI=1S/C18H18BN5O5/c25-16(10-24-9-14(22-23-24)12-4-2-6-20-8-12)21-15-7-11-3-1-5-13(18(26)27)17(11)29-19(15)28/h1-6,8-9,15,22-23,28H,7,10H2,(H,21,25)(H,26,27)/t15-/m0/s1. The fourth-order valence-electron chi connectivity index (χ4n) is 3.23. The third-order valence-electron chi connectivity index (χ3n) is 4.60. The monoisotopic (exact) mass is 395 g/mol. The van der Waals surface area contributed by atoms with Gasteiger partial charge in [-0.1, -0.05) is 12.1 Å². The van der Waals surface area contributed by atoms with E-state index in [-0.39, 0.29) is 30.2 Å². The highest BCUT2D eigenvalue weighted by atomic mass is 16.5. The van der Waals surface area contributed by atoms with Crippen molar-refractivity contribution in [3.8, 4) is 5.75 Å². The molecule has 2 aliphatic rings. The van der Waals surface area contributed by atoms with Gasteiger partial charge in [0.15, 0.2) is 0 Å². The summed E-state index contributed by atoms with van der Waals surface area (Å²) < 4.78 is 5.38. The van der Waals surface area contributed by atoms with Crippen molar-refractivity contribution in [3.63, 3.8) is 0 Å². The zero-order valence-electron chi connectivity index (χ0n) is 15.2. The highest BCUT2D eigenvalue weighted by molar-refractivity contribution is 6.47. The van der Waals surface area contributed by atoms with E-state index in [9.17, 15) is 19.7 Å². The lowest BCUT2D eigenvalue weighted by Gasteiger charge is -2.29. The van der Waals surface area contributed by atoms with Crippen LogP contribution in [-0.4, -0.2) is 51.6 Å². The van der Waals surface area contributed by atoms with Gasteiger partial charge >= 0.3 is 13.1 Å². The lowest BCUT2D eigenvalue weighted by Crippen LogP contribution is -2.55. The summed E-state index contributed by atoms with van der Waals surface area (Å²) in [5.41, 5.74) is 8.04. The number of nitrogens with zero attached hydrogens (tertiary/aromatic N) is 2. The molecule has 0 saturated carbocycles. The second-order valence-electron chi connectivity index (χ2n) is 6.63. The van der Waals surface area contributed by atoms with Crippen molar-refractivity contribution in [1.82, 2.24) is 26.3 Å². The Kier molecular flexibility index (Phi) is 5.06. The van der Waals surface area contributed by atoms with Crippen molar-refractivity contribution < 1.29 is 24.4 Å². The summed E-state index contributed by atoms with van der Waals surface area (Å²) >= 11 is 0. The van der Waals surface area contributed by atoms with Crippen molar-refractivity contribution in [2.24, 2.45) is 0 Å². The van der Waals surface area contributed by atoms with E-state index in [1.807, 2.05) is 12.1 Å². The molecule has 29 heavy (non-hydrogen) atoms. The number of hydrogen-bond donors (Lipinski definition) is 5. The van der Waals surface area contributed by atoms with Crippen molar-refractivity contribution in [2.45, 2.75) is 12.4 Å². The summed E-state index contributed by atoms with van der Waals surface area (Å²) in [7, 11) is -1.35. The molecule has 0 fully saturated rings. The van der Waals surface area contributed by atoms with Gasteiger partial charge in [0.25, 0.3) is 0 Å². The third-order valence-corrected chi connectivity index (χ3v) is 4.60. The Balaban J connectivity index is 1.39. The lowest BCUT2D eigenvalue weighted by molar-refractivity contribution is -0.122. The molecular weight excluding hydrogens is 377 g/mol. The summed E-state index contributed by atoms with van der Waals surface area (Å²) in [4.78, 5) is 27.8. The minimum Gasteiger partial charge on any atom is -0.534 e. The minimum atomic E-state index is -1.35. The van der Waals surface area contributed by atoms with E-state index in [0.717, 1.165) is 11.3 Å². The van der Waals surface area contributed by atoms with Crippen LogP contribution in [0.5, 0.6) is 5.75 Å². The van der Waals surface area contributed by atoms with Crippen molar-refractivity contribution >= 4 is 24.7 Å². The molecule has 4 rings (SSSR count). The Morgan fingerprint density at radius 1 is 1.34 bits per heavy atom. The van der Waals surface area contributed by atoms with Gasteiger partial charge in [0.05, 0.1) is 17.2 Å². The molecule has 1 aromatic heterocycles. The first-order valence-corrected chi connectivity index (χ1v) is 8.91. The Morgan fingerprint density at radius 2 is 2.21 bits per heavy atom. The van der Waals surface area contributed by atoms with Crippen molar-refractivity contribution in [1.29, 1.82) is 0 Å². The van der Waals surface area contributed by atoms with Gasteiger partial charge in [0.1, 0.15) is 12.3 Å². The number of fused-ring (bicyclic) bond motifs is 1. The van der Waals surface area contributed by atoms with E-state index in [1.165, 1.54) is 6.07 Å². The number of carboxylic acid groups (broad SMARTS) is 1. The fraction of sp³-hybridized carbons (Fsp3) is 0.167. The maximum absolute atomic E-state index is 12.4. The number of rotatable bonds is 5. The van der Waals surface area contributed by atoms with E-state index in [4.69, 9.17) is 4.65 Å². The number of carbonyl (C=O) groups is 2. The maximum Gasteiger partial charge on any atom is 0.547 e. The number of nitrogens with one attached hydrogen (secondary N) is 3. The zero-order valence-corrected chi connectivity index (χ0v) is 15.2. The first-order valence-electron chi connectivity index (χ1n) is 8.91. The van der Waals surface area contributed by atoms with Crippen molar-refractivity contribution in [2.75, 3.05) is 6.54 Å². The van der Waals surface area contributed by atoms with Gasteiger partial charge in [-0.25, -0.2) is 4.79 Å². The van der Waals surface area contributed by atoms with Gasteiger partial charge in [0.2, 0.25) is 5.91 Å². The summed E-state index contributed by atoms with van der Waals surface area (Å²) in [6, 6.07) is 8.42. The molecule has 0 aliphatic carbocycles. The Hall–Kier alpha value is -3.57. The summed E-state index contributed by atoms with van der Waals surface area (Å²) in [5, 5.41) is 23.8. The van der Waals surface area contributed by atoms with Crippen LogP contribution in [-0.2, 0) is 11.2 Å². The number of aromatic carboxylic acids is 1. The van der Waals surface area contributed by atoms with Gasteiger partial charge in [-0.2, -0.15) is 0 Å². The summed E-state index contributed by atoms with van der Waals surface area (Å²) in [6.07, 6.45) is 5.36. The molecule has 10 nitrogen and oxygen atoms in total. The van der Waals surface area contributed by atoms with E-state index in [1.54, 1.807) is 35.7 Å². The molecule has 1 aromatic carbocycles. The van der Waals surface area contributed by atoms with Gasteiger partial charge in [0, 0.05) is 24.2 Å². The van der Waals surface area contributed by atoms with Gasteiger partial charge in [-0.05, 0) is 30.2 Å². The molecule has 148 valence electrons. The molecule has 0 saturated heterocycles. The molecular formula is C18H18BN5O5. The van der Waals surface area contributed by atoms with Crippen LogP contribution in [0.25, 0.3) is 5.70 Å². The number of pyridine rings is 1. The molecule has 5 N–H and O–H groups in total. The average Bonchev–Trinajstić information content (AvgIpc) is 3.17. The second kappa shape index (κ2) is 7.82. The Morgan fingerprint density at radius 3 is 2.97 bits per heavy atom. The lowest BCUT2D eigenvalue weighted by atomic mass is 9.72. The number of aromatic nitrogens is 1. The van der Waals surface area contributed by atoms with Crippen LogP contribution in [0.15, 0.2) is 48.9 Å². The average molecular weight is 395 g/mol. The number of hydrazine groups is 2. The molecule has 0 unspecified atom stereocenters. The SMILES string of the molecule is O=C(CN1C=C(c2cccnc2)NN1)N[C@H]1Cc2cccc(C(=O)O)c2OB1O. The molecule has 0 radical (unpaired) electrons. The van der Waals surface area contributed by atoms with Crippen LogP contribution < -0.4 is 20.9 Å². The summed E-state index contributed by atoms with van der Waals surface area (Å²) in [5.74, 6) is -2.04. The smallest absolute Gasteiger partial charge is 0.534 e. The molecule has 3 heterocycles. The largest absolute Gasteiger partial charge is 0.547 e. The number of carbonyl (C=O) groups excluding carboxylic acids is 1. The molecule has 1 amide bonds. The summed E-state index contributed by atoms with van der Waals surface area (Å²) in [6.45, 7) is -0.0119. The molecule has 11 heteroatoms. The normalized spacial score (nSPS) is 17.7. The van der Waals surface area contributed by atoms with E-state index in [0.29, 0.717) is 5.56 Å². The zero-order chi connectivity index (χ0) is 20.4. The molecule has 2 aromatic rings. The highest BCUT2D eigenvalue weighted by Crippen LogP contribution is 2.30. The number of benzene rings is 1. The first-order chi connectivity index (χ1) is 14.0. The Bertz CT molecular complexity index is 970. The highest BCUT2D eigenvalue weighted by Gasteiger charge is 2.37. The molecule has 2 aliphatic heterocycles. The van der Waals surface area contributed by atoms with Crippen LogP contribution in [0.2, 0.25) is 0 Å². The van der Waals surface area contributed by atoms with Crippen LogP contribution in [0.3, 0.4) is 0 Å². The first kappa shape index (κ1) is 18.8. The Labute approximate surface area is 166 Å². The van der Waals surface area contributed by atoms with Crippen molar-refractivity contribution in [3.05, 3.63) is 65.6 Å².